The van der Waals surface area contributed by atoms with Gasteiger partial charge in [-0.15, -0.1) is 0 Å². The van der Waals surface area contributed by atoms with Crippen molar-refractivity contribution in [1.29, 1.82) is 0 Å². The average molecular weight is 1070 g/mol. The molecule has 2 fully saturated rings. The van der Waals surface area contributed by atoms with E-state index in [2.05, 4.69) is 34.0 Å². The van der Waals surface area contributed by atoms with E-state index in [-0.39, 0.29) is 207 Å². The van der Waals surface area contributed by atoms with Crippen LogP contribution in [0.2, 0.25) is 0 Å². The molecule has 2 heterocycles. The molecule has 46 heteroatoms. The smallest absolute Gasteiger partial charge is 0.726 e. The van der Waals surface area contributed by atoms with Gasteiger partial charge < -0.3 is 50.8 Å². The van der Waals surface area contributed by atoms with Crippen molar-refractivity contribution in [1.82, 2.24) is 0 Å². The largest absolute Gasteiger partial charge is 1.00 e. The summed E-state index contributed by atoms with van der Waals surface area (Å²) < 4.78 is 287. The molecule has 10 atom stereocenters. The van der Waals surface area contributed by atoms with Crippen molar-refractivity contribution in [3.63, 3.8) is 0 Å². The third-order valence-electron chi connectivity index (χ3n) is 5.60. The van der Waals surface area contributed by atoms with E-state index < -0.39 is 147 Å². The maximum atomic E-state index is 11.7. The van der Waals surface area contributed by atoms with Crippen molar-refractivity contribution in [3.05, 3.63) is 0 Å². The van der Waals surface area contributed by atoms with Gasteiger partial charge in [0.25, 0.3) is 0 Å². The van der Waals surface area contributed by atoms with Gasteiger partial charge in [-0.25, -0.2) is 58.9 Å². The summed E-state index contributed by atoms with van der Waals surface area (Å²) in [5.41, 5.74) is 0. The van der Waals surface area contributed by atoms with Crippen LogP contribution in [0.1, 0.15) is 0 Å². The molecule has 2 aliphatic rings. The topological polar surface area (TPSA) is 502 Å². The molecule has 0 spiro atoms. The van der Waals surface area contributed by atoms with Crippen molar-refractivity contribution >= 4 is 72.8 Å². The van der Waals surface area contributed by atoms with Gasteiger partial charge in [-0.1, -0.05) is 0 Å². The Morgan fingerprint density at radius 1 is 0.373 bits per heavy atom. The maximum absolute atomic E-state index is 11.7. The van der Waals surface area contributed by atoms with E-state index in [0.29, 0.717) is 7.11 Å². The molecule has 2 rings (SSSR count). The number of hydrogen-bond donors (Lipinski definition) is 0. The minimum Gasteiger partial charge on any atom is -0.726 e. The van der Waals surface area contributed by atoms with E-state index in [4.69, 9.17) is 14.2 Å². The van der Waals surface area contributed by atoms with Gasteiger partial charge in [0, 0.05) is 7.11 Å². The quantitative estimate of drug-likeness (QED) is 0.0658. The molecule has 0 bridgehead atoms. The van der Waals surface area contributed by atoms with Crippen molar-refractivity contribution in [3.8, 4) is 0 Å². The molecule has 0 aromatic carbocycles. The monoisotopic (exact) mass is 1070 g/mol. The molecule has 32 nitrogen and oxygen atoms in total. The zero-order chi connectivity index (χ0) is 40.5. The van der Waals surface area contributed by atoms with E-state index in [0.717, 1.165) is 0 Å². The zero-order valence-electron chi connectivity index (χ0n) is 31.1. The molecule has 0 saturated carbocycles. The Kier molecular flexibility index (Phi) is 39.7. The third-order valence-corrected chi connectivity index (χ3v) is 8.74. The fourth-order valence-corrected chi connectivity index (χ4v) is 7.20. The Labute approximate surface area is 491 Å². The Morgan fingerprint density at radius 3 is 0.932 bits per heavy atom. The molecule has 0 amide bonds. The summed E-state index contributed by atoms with van der Waals surface area (Å²) in [5, 5.41) is 0. The summed E-state index contributed by atoms with van der Waals surface area (Å²) >= 11 is 0. The molecular weight excluding hydrogens is 1050 g/mol. The first-order valence-corrected chi connectivity index (χ1v) is 21.3. The molecule has 0 radical (unpaired) electrons. The van der Waals surface area contributed by atoms with Crippen LogP contribution < -0.4 is 207 Å². The first kappa shape index (κ1) is 76.4. The van der Waals surface area contributed by atoms with Crippen LogP contribution in [0.4, 0.5) is 0 Å². The fourth-order valence-electron chi connectivity index (χ4n) is 4.17. The van der Waals surface area contributed by atoms with Gasteiger partial charge in [-0.05, 0) is 0 Å². The molecule has 0 aromatic rings. The SMILES string of the molecule is CO[C@H]1O[C@H](COS(=O)(=O)[O-])[C@@H](O[C@H]2O[C@H](COS(=O)(=O)[O-])[C@@H](OS(=O)(=O)[O-])[C@H](OS(=O)(=O)[O-])[C@@H]2OS(=O)(=O)[O-])[C@H](OS(=O)(=O)[O-])[C@@H]1OS(=O)(=O)[O-].[Na+].[Na+].[Na+].[Na+].[Na+].[Na+].[Na+]. The molecular formula is C13H17Na7O32S7. The van der Waals surface area contributed by atoms with Crippen LogP contribution in [-0.4, -0.2) is 173 Å². The Balaban J connectivity index is -0.00000100. The molecule has 59 heavy (non-hydrogen) atoms. The van der Waals surface area contributed by atoms with Crippen molar-refractivity contribution in [2.24, 2.45) is 0 Å². The molecule has 0 aromatic heterocycles. The predicted molar refractivity (Wildman–Crippen MR) is 133 cm³/mol. The summed E-state index contributed by atoms with van der Waals surface area (Å²) in [5.74, 6) is 0. The summed E-state index contributed by atoms with van der Waals surface area (Å²) in [7, 11) is -42.7. The second-order valence-electron chi connectivity index (χ2n) is 9.15. The van der Waals surface area contributed by atoms with Crippen LogP contribution in [-0.2, 0) is 121 Å². The van der Waals surface area contributed by atoms with E-state index >= 15 is 0 Å². The van der Waals surface area contributed by atoms with Crippen molar-refractivity contribution in [2.75, 3.05) is 20.3 Å². The predicted octanol–water partition coefficient (Wildman–Crippen LogP) is -29.3. The average Bonchev–Trinajstić information content (AvgIpc) is 2.87. The number of ether oxygens (including phenoxy) is 4. The Bertz CT molecular complexity index is 2050. The third kappa shape index (κ3) is 31.0. The van der Waals surface area contributed by atoms with Gasteiger partial charge in [0.2, 0.25) is 72.8 Å². The molecule has 0 aliphatic carbocycles. The van der Waals surface area contributed by atoms with Crippen LogP contribution in [0.5, 0.6) is 0 Å². The summed E-state index contributed by atoms with van der Waals surface area (Å²) in [6, 6.07) is 0. The minimum absolute atomic E-state index is 0. The second kappa shape index (κ2) is 30.6. The van der Waals surface area contributed by atoms with Gasteiger partial charge in [-0.3, -0.25) is 29.3 Å². The number of hydrogen-bond acceptors (Lipinski definition) is 32. The van der Waals surface area contributed by atoms with Crippen LogP contribution in [0.3, 0.4) is 0 Å². The minimum atomic E-state index is -6.41. The number of methoxy groups -OCH3 is 1. The van der Waals surface area contributed by atoms with Gasteiger partial charge in [0.05, 0.1) is 13.2 Å². The number of rotatable bonds is 19. The van der Waals surface area contributed by atoms with E-state index in [1.165, 1.54) is 0 Å². The molecule has 310 valence electrons. The first-order chi connectivity index (χ1) is 23.1. The Hall–Kier alpha value is 5.93. The van der Waals surface area contributed by atoms with Gasteiger partial charge in [0.1, 0.15) is 36.6 Å². The zero-order valence-corrected chi connectivity index (χ0v) is 50.8. The van der Waals surface area contributed by atoms with Crippen molar-refractivity contribution < 1.29 is 346 Å². The standard InChI is InChI=1S/C13H24O32S7.7Na/c1-35-12-10(44-51(29,30)31)8(42-49(23,24)25)6(4(38-12)2-36-46(14,15)16)40-13-11(45-52(32,33)34)9(43-50(26,27)28)7(41-48(20,21)22)5(39-13)3-37-47(17,18)19;;;;;;;/h4-13H,2-3H2,1H3,(H,14,15,16)(H,17,18,19)(H,20,21,22)(H,23,24,25)(H,26,27,28)(H,29,30,31)(H,32,33,34);;;;;;;/q;7*+1/p-7/t4-,5-,6-,7-,8+,9+,10+,11+,12+,13-;;;;;;;/m1......./s1. The maximum Gasteiger partial charge on any atom is 1.00 e. The van der Waals surface area contributed by atoms with E-state index in [9.17, 15) is 90.8 Å². The Morgan fingerprint density at radius 2 is 0.627 bits per heavy atom. The van der Waals surface area contributed by atoms with Gasteiger partial charge >= 0.3 is 207 Å². The van der Waals surface area contributed by atoms with Crippen molar-refractivity contribution in [2.45, 2.75) is 61.4 Å². The van der Waals surface area contributed by atoms with Crippen LogP contribution in [0.25, 0.3) is 0 Å². The summed E-state index contributed by atoms with van der Waals surface area (Å²) in [6.07, 6.45) is -30.5. The normalized spacial score (nSPS) is 27.9. The van der Waals surface area contributed by atoms with E-state index in [1.54, 1.807) is 0 Å². The fraction of sp³-hybridized carbons (Fsp3) is 1.00. The van der Waals surface area contributed by atoms with Crippen LogP contribution in [0.15, 0.2) is 0 Å². The summed E-state index contributed by atoms with van der Waals surface area (Å²) in [4.78, 5) is 0. The molecule has 0 unspecified atom stereocenters. The van der Waals surface area contributed by atoms with Gasteiger partial charge in [0.15, 0.2) is 24.8 Å². The molecule has 2 aliphatic heterocycles. The van der Waals surface area contributed by atoms with Crippen LogP contribution in [0, 0.1) is 0 Å². The summed E-state index contributed by atoms with van der Waals surface area (Å²) in [6.45, 7) is -3.77. The second-order valence-corrected chi connectivity index (χ2v) is 16.3. The van der Waals surface area contributed by atoms with Crippen LogP contribution >= 0.6 is 0 Å². The van der Waals surface area contributed by atoms with E-state index in [1.807, 2.05) is 0 Å². The molecule has 0 N–H and O–H groups in total. The first-order valence-electron chi connectivity index (χ1n) is 12.0. The molecule has 2 saturated heterocycles. The van der Waals surface area contributed by atoms with Gasteiger partial charge in [-0.2, -0.15) is 0 Å².